The number of nitrogen functional groups attached to an aromatic ring is 1. The Labute approximate surface area is 91.3 Å². The summed E-state index contributed by atoms with van der Waals surface area (Å²) in [6, 6.07) is 4.74. The molecule has 0 aliphatic carbocycles. The van der Waals surface area contributed by atoms with E-state index in [1.807, 2.05) is 0 Å². The predicted octanol–water partition coefficient (Wildman–Crippen LogP) is 2.56. The third-order valence-corrected chi connectivity index (χ3v) is 2.41. The van der Waals surface area contributed by atoms with E-state index in [0.717, 1.165) is 5.56 Å². The third-order valence-electron chi connectivity index (χ3n) is 2.11. The normalized spacial score (nSPS) is 10.6. The van der Waals surface area contributed by atoms with Gasteiger partial charge in [0.1, 0.15) is 11.5 Å². The standard InChI is InChI=1S/C10H9ClFN3/c1-6-5-15(14-10(6)13)8-4-2-3-7(11)9(8)12/h2-5H,1H3,(H2,13,14). The molecule has 2 aromatic rings. The van der Waals surface area contributed by atoms with Gasteiger partial charge in [0.2, 0.25) is 0 Å². The molecular weight excluding hydrogens is 217 g/mol. The van der Waals surface area contributed by atoms with E-state index in [2.05, 4.69) is 5.10 Å². The highest BCUT2D eigenvalue weighted by Crippen LogP contribution is 2.22. The number of benzene rings is 1. The highest BCUT2D eigenvalue weighted by atomic mass is 35.5. The second-order valence-corrected chi connectivity index (χ2v) is 3.62. The summed E-state index contributed by atoms with van der Waals surface area (Å²) in [6.07, 6.45) is 1.66. The Hall–Kier alpha value is -1.55. The Kier molecular flexibility index (Phi) is 2.36. The van der Waals surface area contributed by atoms with Crippen LogP contribution in [0, 0.1) is 12.7 Å². The lowest BCUT2D eigenvalue weighted by molar-refractivity contribution is 0.611. The number of aromatic nitrogens is 2. The maximum Gasteiger partial charge on any atom is 0.167 e. The molecule has 0 spiro atoms. The SMILES string of the molecule is Cc1cn(-c2cccc(Cl)c2F)nc1N. The monoisotopic (exact) mass is 225 g/mol. The number of nitrogens with two attached hydrogens (primary N) is 1. The lowest BCUT2D eigenvalue weighted by Crippen LogP contribution is -1.99. The van der Waals surface area contributed by atoms with Gasteiger partial charge in [0, 0.05) is 11.8 Å². The van der Waals surface area contributed by atoms with Gasteiger partial charge in [0.25, 0.3) is 0 Å². The van der Waals surface area contributed by atoms with Gasteiger partial charge >= 0.3 is 0 Å². The van der Waals surface area contributed by atoms with Crippen molar-refractivity contribution in [1.82, 2.24) is 9.78 Å². The molecule has 0 fully saturated rings. The summed E-state index contributed by atoms with van der Waals surface area (Å²) in [5, 5.41) is 4.05. The zero-order valence-corrected chi connectivity index (χ0v) is 8.79. The van der Waals surface area contributed by atoms with E-state index in [1.165, 1.54) is 10.7 Å². The minimum absolute atomic E-state index is 0.0687. The van der Waals surface area contributed by atoms with Crippen LogP contribution in [-0.2, 0) is 0 Å². The van der Waals surface area contributed by atoms with E-state index in [0.29, 0.717) is 11.5 Å². The summed E-state index contributed by atoms with van der Waals surface area (Å²) in [7, 11) is 0. The summed E-state index contributed by atoms with van der Waals surface area (Å²) in [4.78, 5) is 0. The van der Waals surface area contributed by atoms with Gasteiger partial charge in [-0.25, -0.2) is 9.07 Å². The van der Waals surface area contributed by atoms with Crippen LogP contribution in [0.3, 0.4) is 0 Å². The zero-order valence-electron chi connectivity index (χ0n) is 8.04. The van der Waals surface area contributed by atoms with Crippen LogP contribution in [0.4, 0.5) is 10.2 Å². The van der Waals surface area contributed by atoms with Crippen LogP contribution >= 0.6 is 11.6 Å². The van der Waals surface area contributed by atoms with Crippen molar-refractivity contribution < 1.29 is 4.39 Å². The molecule has 1 heterocycles. The van der Waals surface area contributed by atoms with Crippen LogP contribution in [-0.4, -0.2) is 9.78 Å². The average molecular weight is 226 g/mol. The molecule has 0 radical (unpaired) electrons. The molecule has 2 N–H and O–H groups in total. The van der Waals surface area contributed by atoms with Gasteiger partial charge in [-0.2, -0.15) is 5.10 Å². The molecule has 15 heavy (non-hydrogen) atoms. The Morgan fingerprint density at radius 3 is 2.80 bits per heavy atom. The molecule has 0 atom stereocenters. The number of aryl methyl sites for hydroxylation is 1. The summed E-state index contributed by atoms with van der Waals surface area (Å²) in [5.41, 5.74) is 6.67. The van der Waals surface area contributed by atoms with Crippen LogP contribution in [0.15, 0.2) is 24.4 Å². The first-order valence-electron chi connectivity index (χ1n) is 4.35. The summed E-state index contributed by atoms with van der Waals surface area (Å²) in [5.74, 6) is -0.115. The van der Waals surface area contributed by atoms with Gasteiger partial charge in [0.15, 0.2) is 5.82 Å². The van der Waals surface area contributed by atoms with Crippen molar-refractivity contribution in [1.29, 1.82) is 0 Å². The van der Waals surface area contributed by atoms with Crippen LogP contribution in [0.25, 0.3) is 5.69 Å². The molecule has 0 aliphatic rings. The quantitative estimate of drug-likeness (QED) is 0.811. The molecule has 0 saturated carbocycles. The molecule has 0 amide bonds. The maximum atomic E-state index is 13.6. The molecule has 3 nitrogen and oxygen atoms in total. The van der Waals surface area contributed by atoms with Crippen LogP contribution < -0.4 is 5.73 Å². The first kappa shape index (κ1) is 9.98. The molecular formula is C10H9ClFN3. The van der Waals surface area contributed by atoms with E-state index in [9.17, 15) is 4.39 Å². The number of anilines is 1. The van der Waals surface area contributed by atoms with E-state index in [-0.39, 0.29) is 5.02 Å². The van der Waals surface area contributed by atoms with Crippen molar-refractivity contribution in [3.05, 3.63) is 40.8 Å². The Balaban J connectivity index is 2.59. The number of rotatable bonds is 1. The van der Waals surface area contributed by atoms with Gasteiger partial charge in [-0.15, -0.1) is 0 Å². The topological polar surface area (TPSA) is 43.8 Å². The lowest BCUT2D eigenvalue weighted by atomic mass is 10.3. The number of halogens is 2. The molecule has 1 aromatic carbocycles. The minimum atomic E-state index is -0.498. The Morgan fingerprint density at radius 1 is 1.47 bits per heavy atom. The Bertz CT molecular complexity index is 488. The number of hydrogen-bond donors (Lipinski definition) is 1. The van der Waals surface area contributed by atoms with Crippen molar-refractivity contribution in [3.63, 3.8) is 0 Å². The first-order chi connectivity index (χ1) is 7.09. The largest absolute Gasteiger partial charge is 0.382 e. The van der Waals surface area contributed by atoms with Crippen molar-refractivity contribution >= 4 is 17.4 Å². The fraction of sp³-hybridized carbons (Fsp3) is 0.100. The van der Waals surface area contributed by atoms with Crippen LogP contribution in [0.2, 0.25) is 5.02 Å². The second kappa shape index (κ2) is 3.55. The zero-order chi connectivity index (χ0) is 11.0. The van der Waals surface area contributed by atoms with Crippen LogP contribution in [0.1, 0.15) is 5.56 Å². The third kappa shape index (κ3) is 1.68. The maximum absolute atomic E-state index is 13.6. The predicted molar refractivity (Wildman–Crippen MR) is 57.7 cm³/mol. The molecule has 0 aliphatic heterocycles. The van der Waals surface area contributed by atoms with E-state index >= 15 is 0 Å². The molecule has 0 bridgehead atoms. The van der Waals surface area contributed by atoms with Gasteiger partial charge in [-0.05, 0) is 19.1 Å². The Morgan fingerprint density at radius 2 is 2.20 bits per heavy atom. The summed E-state index contributed by atoms with van der Waals surface area (Å²) in [6.45, 7) is 1.81. The molecule has 78 valence electrons. The number of nitrogens with zero attached hydrogens (tertiary/aromatic N) is 2. The van der Waals surface area contributed by atoms with E-state index < -0.39 is 5.82 Å². The fourth-order valence-corrected chi connectivity index (χ4v) is 1.44. The molecule has 5 heteroatoms. The molecule has 2 rings (SSSR count). The van der Waals surface area contributed by atoms with Crippen molar-refractivity contribution in [3.8, 4) is 5.69 Å². The summed E-state index contributed by atoms with van der Waals surface area (Å²) < 4.78 is 15.0. The second-order valence-electron chi connectivity index (χ2n) is 3.21. The summed E-state index contributed by atoms with van der Waals surface area (Å²) >= 11 is 5.66. The van der Waals surface area contributed by atoms with Crippen molar-refractivity contribution in [2.45, 2.75) is 6.92 Å². The van der Waals surface area contributed by atoms with E-state index in [1.54, 1.807) is 25.3 Å². The van der Waals surface area contributed by atoms with Crippen molar-refractivity contribution in [2.75, 3.05) is 5.73 Å². The van der Waals surface area contributed by atoms with E-state index in [4.69, 9.17) is 17.3 Å². The molecule has 0 unspecified atom stereocenters. The van der Waals surface area contributed by atoms with Gasteiger partial charge < -0.3 is 5.73 Å². The van der Waals surface area contributed by atoms with Crippen molar-refractivity contribution in [2.24, 2.45) is 0 Å². The highest BCUT2D eigenvalue weighted by Gasteiger charge is 2.10. The average Bonchev–Trinajstić information content (AvgIpc) is 2.51. The van der Waals surface area contributed by atoms with Gasteiger partial charge in [-0.1, -0.05) is 17.7 Å². The highest BCUT2D eigenvalue weighted by molar-refractivity contribution is 6.30. The smallest absolute Gasteiger partial charge is 0.167 e. The van der Waals surface area contributed by atoms with Gasteiger partial charge in [-0.3, -0.25) is 0 Å². The van der Waals surface area contributed by atoms with Gasteiger partial charge in [0.05, 0.1) is 5.02 Å². The lowest BCUT2D eigenvalue weighted by Gasteiger charge is -2.03. The number of hydrogen-bond acceptors (Lipinski definition) is 2. The first-order valence-corrected chi connectivity index (χ1v) is 4.73. The fourth-order valence-electron chi connectivity index (χ4n) is 1.27. The van der Waals surface area contributed by atoms with Crippen LogP contribution in [0.5, 0.6) is 0 Å². The molecule has 1 aromatic heterocycles. The minimum Gasteiger partial charge on any atom is -0.382 e. The molecule has 0 saturated heterocycles.